The molecule has 2 N–H and O–H groups in total. The van der Waals surface area contributed by atoms with E-state index in [0.717, 1.165) is 0 Å². The molecular weight excluding hydrogens is 230 g/mol. The maximum atomic E-state index is 11.5. The van der Waals surface area contributed by atoms with Crippen molar-refractivity contribution < 1.29 is 19.4 Å². The molecule has 0 aromatic rings. The fourth-order valence-electron chi connectivity index (χ4n) is 1.27. The molecule has 2 unspecified atom stereocenters. The van der Waals surface area contributed by atoms with Gasteiger partial charge in [-0.15, -0.1) is 0 Å². The molecule has 1 aliphatic heterocycles. The fourth-order valence-corrected chi connectivity index (χ4v) is 1.90. The smallest absolute Gasteiger partial charge is 0.407 e. The lowest BCUT2D eigenvalue weighted by molar-refractivity contribution is 0.0501. The van der Waals surface area contributed by atoms with Gasteiger partial charge in [-0.3, -0.25) is 0 Å². The van der Waals surface area contributed by atoms with E-state index in [1.165, 1.54) is 0 Å². The predicted molar refractivity (Wildman–Crippen MR) is 62.4 cm³/mol. The van der Waals surface area contributed by atoms with Gasteiger partial charge in [-0.1, -0.05) is 0 Å². The number of amides is 1. The molecule has 6 heteroatoms. The number of hydrogen-bond acceptors (Lipinski definition) is 5. The first-order valence-corrected chi connectivity index (χ1v) is 6.55. The Labute approximate surface area is 99.9 Å². The predicted octanol–water partition coefficient (Wildman–Crippen LogP) is 0.960. The quantitative estimate of drug-likeness (QED) is 0.726. The summed E-state index contributed by atoms with van der Waals surface area (Å²) in [5.41, 5.74) is -0.517. The summed E-state index contributed by atoms with van der Waals surface area (Å²) >= 11 is 1.58. The van der Waals surface area contributed by atoms with E-state index in [-0.39, 0.29) is 12.1 Å². The Morgan fingerprint density at radius 1 is 1.62 bits per heavy atom. The van der Waals surface area contributed by atoms with Crippen molar-refractivity contribution in [1.82, 2.24) is 5.32 Å². The van der Waals surface area contributed by atoms with E-state index in [1.807, 2.05) is 6.26 Å². The summed E-state index contributed by atoms with van der Waals surface area (Å²) in [6.07, 6.45) is 0.389. The van der Waals surface area contributed by atoms with Gasteiger partial charge in [-0.25, -0.2) is 4.79 Å². The molecule has 1 saturated heterocycles. The van der Waals surface area contributed by atoms with Crippen molar-refractivity contribution in [2.24, 2.45) is 0 Å². The first-order valence-electron chi connectivity index (χ1n) is 5.15. The third kappa shape index (κ3) is 4.59. The highest BCUT2D eigenvalue weighted by atomic mass is 32.2. The molecule has 5 nitrogen and oxygen atoms in total. The summed E-state index contributed by atoms with van der Waals surface area (Å²) in [5.74, 6) is 0.682. The summed E-state index contributed by atoms with van der Waals surface area (Å²) in [6, 6.07) is -0.208. The van der Waals surface area contributed by atoms with E-state index in [9.17, 15) is 4.79 Å². The molecule has 94 valence electrons. The third-order valence-corrected chi connectivity index (χ3v) is 2.64. The van der Waals surface area contributed by atoms with Crippen LogP contribution in [0.4, 0.5) is 4.79 Å². The second kappa shape index (κ2) is 5.25. The molecule has 1 amide bonds. The molecule has 16 heavy (non-hydrogen) atoms. The zero-order chi connectivity index (χ0) is 12.3. The van der Waals surface area contributed by atoms with Crippen molar-refractivity contribution in [3.63, 3.8) is 0 Å². The Bertz CT molecular complexity index is 254. The lowest BCUT2D eigenvalue weighted by atomic mass is 10.2. The second-order valence-corrected chi connectivity index (χ2v) is 5.61. The minimum absolute atomic E-state index is 0.208. The maximum absolute atomic E-state index is 11.5. The van der Waals surface area contributed by atoms with Crippen LogP contribution < -0.4 is 5.32 Å². The fraction of sp³-hybridized carbons (Fsp3) is 0.900. The highest BCUT2D eigenvalue weighted by Crippen LogP contribution is 2.24. The molecule has 0 aromatic carbocycles. The van der Waals surface area contributed by atoms with Crippen LogP contribution in [0.15, 0.2) is 0 Å². The number of thioether (sulfide) groups is 1. The van der Waals surface area contributed by atoms with Crippen molar-refractivity contribution in [3.8, 4) is 0 Å². The van der Waals surface area contributed by atoms with Gasteiger partial charge in [-0.2, -0.15) is 11.8 Å². The first kappa shape index (κ1) is 13.6. The van der Waals surface area contributed by atoms with Crippen LogP contribution in [-0.4, -0.2) is 47.2 Å². The van der Waals surface area contributed by atoms with Gasteiger partial charge < -0.3 is 19.9 Å². The molecule has 0 aliphatic carbocycles. The van der Waals surface area contributed by atoms with Crippen LogP contribution in [0, 0.1) is 0 Å². The minimum Gasteiger partial charge on any atom is -0.444 e. The van der Waals surface area contributed by atoms with Crippen LogP contribution in [0.25, 0.3) is 0 Å². The van der Waals surface area contributed by atoms with Crippen LogP contribution >= 0.6 is 11.8 Å². The number of epoxide rings is 1. The number of ether oxygens (including phenoxy) is 2. The molecule has 1 fully saturated rings. The van der Waals surface area contributed by atoms with Gasteiger partial charge >= 0.3 is 6.09 Å². The van der Waals surface area contributed by atoms with E-state index >= 15 is 0 Å². The van der Waals surface area contributed by atoms with Crippen LogP contribution in [0.5, 0.6) is 0 Å². The van der Waals surface area contributed by atoms with Crippen LogP contribution in [0.3, 0.4) is 0 Å². The normalized spacial score (nSPS) is 26.1. The molecule has 0 spiro atoms. The van der Waals surface area contributed by atoms with Crippen molar-refractivity contribution in [1.29, 1.82) is 0 Å². The summed E-state index contributed by atoms with van der Waals surface area (Å²) in [4.78, 5) is 11.5. The lowest BCUT2D eigenvalue weighted by Crippen LogP contribution is -2.44. The SMILES string of the molecule is CSC[C@@H](NC(=O)OC(C)(C)C)C1OC1O. The van der Waals surface area contributed by atoms with E-state index in [4.69, 9.17) is 14.6 Å². The Morgan fingerprint density at radius 2 is 2.19 bits per heavy atom. The monoisotopic (exact) mass is 249 g/mol. The van der Waals surface area contributed by atoms with Gasteiger partial charge in [0, 0.05) is 5.75 Å². The van der Waals surface area contributed by atoms with Crippen LogP contribution in [0.1, 0.15) is 20.8 Å². The zero-order valence-electron chi connectivity index (χ0n) is 10.0. The Kier molecular flexibility index (Phi) is 4.46. The lowest BCUT2D eigenvalue weighted by Gasteiger charge is -2.22. The number of aliphatic hydroxyl groups excluding tert-OH is 1. The number of alkyl carbamates (subject to hydrolysis) is 1. The zero-order valence-corrected chi connectivity index (χ0v) is 10.8. The summed E-state index contributed by atoms with van der Waals surface area (Å²) in [6.45, 7) is 5.41. The van der Waals surface area contributed by atoms with Crippen molar-refractivity contribution in [2.45, 2.75) is 44.8 Å². The molecule has 0 aromatic heterocycles. The van der Waals surface area contributed by atoms with Gasteiger partial charge in [0.15, 0.2) is 6.29 Å². The van der Waals surface area contributed by atoms with Gasteiger partial charge in [0.05, 0.1) is 6.04 Å². The van der Waals surface area contributed by atoms with Crippen LogP contribution in [-0.2, 0) is 9.47 Å². The van der Waals surface area contributed by atoms with E-state index in [2.05, 4.69) is 5.32 Å². The maximum Gasteiger partial charge on any atom is 0.407 e. The van der Waals surface area contributed by atoms with E-state index in [0.29, 0.717) is 5.75 Å². The second-order valence-electron chi connectivity index (χ2n) is 4.70. The van der Waals surface area contributed by atoms with Gasteiger partial charge in [0.1, 0.15) is 11.7 Å². The number of rotatable bonds is 4. The first-order chi connectivity index (χ1) is 7.33. The average Bonchev–Trinajstić information content (AvgIpc) is 2.78. The van der Waals surface area contributed by atoms with Gasteiger partial charge in [0.2, 0.25) is 0 Å². The highest BCUT2D eigenvalue weighted by molar-refractivity contribution is 7.98. The molecule has 0 radical (unpaired) electrons. The average molecular weight is 249 g/mol. The molecular formula is C10H19NO4S. The third-order valence-electron chi connectivity index (χ3n) is 1.95. The summed E-state index contributed by atoms with van der Waals surface area (Å²) < 4.78 is 10.1. The largest absolute Gasteiger partial charge is 0.444 e. The number of carbonyl (C=O) groups is 1. The topological polar surface area (TPSA) is 71.1 Å². The number of aliphatic hydroxyl groups is 1. The van der Waals surface area contributed by atoms with Crippen LogP contribution in [0.2, 0.25) is 0 Å². The van der Waals surface area contributed by atoms with Gasteiger partial charge in [0.25, 0.3) is 0 Å². The van der Waals surface area contributed by atoms with E-state index < -0.39 is 18.0 Å². The minimum atomic E-state index is -0.757. The summed E-state index contributed by atoms with van der Waals surface area (Å²) in [5, 5.41) is 11.8. The number of carbonyl (C=O) groups excluding carboxylic acids is 1. The Balaban J connectivity index is 2.39. The van der Waals surface area contributed by atoms with Crippen molar-refractivity contribution >= 4 is 17.9 Å². The van der Waals surface area contributed by atoms with Crippen molar-refractivity contribution in [3.05, 3.63) is 0 Å². The van der Waals surface area contributed by atoms with E-state index in [1.54, 1.807) is 32.5 Å². The molecule has 1 aliphatic rings. The molecule has 3 atom stereocenters. The highest BCUT2D eigenvalue weighted by Gasteiger charge is 2.44. The number of nitrogens with one attached hydrogen (secondary N) is 1. The molecule has 0 saturated carbocycles. The Morgan fingerprint density at radius 3 is 2.56 bits per heavy atom. The van der Waals surface area contributed by atoms with Gasteiger partial charge in [-0.05, 0) is 27.0 Å². The molecule has 0 bridgehead atoms. The molecule has 1 rings (SSSR count). The molecule has 1 heterocycles. The van der Waals surface area contributed by atoms with Crippen molar-refractivity contribution in [2.75, 3.05) is 12.0 Å². The number of hydrogen-bond donors (Lipinski definition) is 2. The standard InChI is InChI=1S/C10H19NO4S/c1-10(2,3)15-9(13)11-6(5-16-4)7-8(12)14-7/h6-8,12H,5H2,1-4H3,(H,11,13)/t6-,7?,8?/m1/s1. The summed E-state index contributed by atoms with van der Waals surface area (Å²) in [7, 11) is 0. The Hall–Kier alpha value is -0.460.